The van der Waals surface area contributed by atoms with Crippen molar-refractivity contribution in [3.63, 3.8) is 0 Å². The highest BCUT2D eigenvalue weighted by atomic mass is 16.7. The molecule has 0 aromatic carbocycles. The summed E-state index contributed by atoms with van der Waals surface area (Å²) in [5, 5.41) is 43.1. The van der Waals surface area contributed by atoms with Crippen molar-refractivity contribution in [2.75, 3.05) is 27.3 Å². The fourth-order valence-electron chi connectivity index (χ4n) is 1.86. The van der Waals surface area contributed by atoms with Crippen molar-refractivity contribution in [3.8, 4) is 0 Å². The van der Waals surface area contributed by atoms with Crippen molar-refractivity contribution in [1.29, 1.82) is 0 Å². The van der Waals surface area contributed by atoms with Crippen molar-refractivity contribution in [3.05, 3.63) is 0 Å². The van der Waals surface area contributed by atoms with Gasteiger partial charge in [0.25, 0.3) is 0 Å². The zero-order chi connectivity index (χ0) is 15.3. The summed E-state index contributed by atoms with van der Waals surface area (Å²) in [4.78, 5) is 11.4. The van der Waals surface area contributed by atoms with Crippen LogP contribution >= 0.6 is 0 Å². The quantitative estimate of drug-likeness (QED) is 0.292. The molecule has 6 N–H and O–H groups in total. The van der Waals surface area contributed by atoms with Crippen molar-refractivity contribution >= 4 is 5.91 Å². The second-order valence-corrected chi connectivity index (χ2v) is 4.49. The molecule has 6 atom stereocenters. The first-order valence-electron chi connectivity index (χ1n) is 6.27. The first kappa shape index (κ1) is 17.2. The number of aliphatic hydroxyl groups excluding tert-OH is 4. The Balaban J connectivity index is 2.59. The van der Waals surface area contributed by atoms with E-state index < -0.39 is 43.4 Å². The van der Waals surface area contributed by atoms with Gasteiger partial charge in [0.15, 0.2) is 6.29 Å². The van der Waals surface area contributed by atoms with Crippen LogP contribution in [0.3, 0.4) is 0 Å². The van der Waals surface area contributed by atoms with Crippen LogP contribution in [0.4, 0.5) is 0 Å². The number of likely N-dealkylation sites (N-methyl/N-ethyl adjacent to an activating group) is 2. The third-order valence-electron chi connectivity index (χ3n) is 3.19. The normalized spacial score (nSPS) is 35.6. The van der Waals surface area contributed by atoms with Crippen LogP contribution in [0, 0.1) is 0 Å². The summed E-state index contributed by atoms with van der Waals surface area (Å²) in [6.07, 6.45) is -6.69. The first-order valence-corrected chi connectivity index (χ1v) is 6.27. The highest BCUT2D eigenvalue weighted by Crippen LogP contribution is 2.21. The van der Waals surface area contributed by atoms with Crippen LogP contribution in [0.2, 0.25) is 0 Å². The van der Waals surface area contributed by atoms with E-state index in [2.05, 4.69) is 10.6 Å². The average Bonchev–Trinajstić information content (AvgIpc) is 2.47. The molecule has 5 unspecified atom stereocenters. The van der Waals surface area contributed by atoms with E-state index >= 15 is 0 Å². The van der Waals surface area contributed by atoms with E-state index in [9.17, 15) is 20.1 Å². The van der Waals surface area contributed by atoms with Gasteiger partial charge in [0.2, 0.25) is 5.91 Å². The number of nitrogens with one attached hydrogen (secondary N) is 2. The summed E-state index contributed by atoms with van der Waals surface area (Å²) in [7, 11) is 3.04. The predicted molar refractivity (Wildman–Crippen MR) is 66.6 cm³/mol. The van der Waals surface area contributed by atoms with Crippen LogP contribution in [0.15, 0.2) is 0 Å². The van der Waals surface area contributed by atoms with Gasteiger partial charge in [0.05, 0.1) is 13.2 Å². The van der Waals surface area contributed by atoms with Gasteiger partial charge in [-0.1, -0.05) is 0 Å². The highest BCUT2D eigenvalue weighted by molar-refractivity contribution is 5.81. The molecule has 1 rings (SSSR count). The van der Waals surface area contributed by atoms with E-state index in [0.717, 1.165) is 0 Å². The molecule has 0 radical (unpaired) electrons. The standard InChI is InChI=1S/C11H22N2O7/c1-12-5(10(18)13-2)4-19-11-9(17)8(16)7(15)6(3-14)20-11/h5-9,11-12,14-17H,3-4H2,1-2H3,(H,13,18)/t5-,6?,7?,8?,9?,11?/m0/s1. The van der Waals surface area contributed by atoms with E-state index in [-0.39, 0.29) is 12.5 Å². The van der Waals surface area contributed by atoms with Crippen molar-refractivity contribution < 1.29 is 34.7 Å². The fraction of sp³-hybridized carbons (Fsp3) is 0.909. The molecule has 1 saturated heterocycles. The molecule has 1 heterocycles. The number of hydrogen-bond donors (Lipinski definition) is 6. The Morgan fingerprint density at radius 2 is 1.90 bits per heavy atom. The molecule has 20 heavy (non-hydrogen) atoms. The molecule has 0 aromatic rings. The smallest absolute Gasteiger partial charge is 0.239 e. The third-order valence-corrected chi connectivity index (χ3v) is 3.19. The molecule has 1 fully saturated rings. The minimum Gasteiger partial charge on any atom is -0.394 e. The number of carbonyl (C=O) groups is 1. The zero-order valence-corrected chi connectivity index (χ0v) is 11.4. The van der Waals surface area contributed by atoms with Crippen molar-refractivity contribution in [1.82, 2.24) is 10.6 Å². The number of amides is 1. The summed E-state index contributed by atoms with van der Waals surface area (Å²) in [5.41, 5.74) is 0. The largest absolute Gasteiger partial charge is 0.394 e. The van der Waals surface area contributed by atoms with Crippen LogP contribution in [0.5, 0.6) is 0 Å². The maximum Gasteiger partial charge on any atom is 0.239 e. The molecule has 1 amide bonds. The Bertz CT molecular complexity index is 315. The van der Waals surface area contributed by atoms with Crippen LogP contribution in [-0.4, -0.2) is 90.4 Å². The highest BCUT2D eigenvalue weighted by Gasteiger charge is 2.44. The van der Waals surface area contributed by atoms with E-state index in [1.165, 1.54) is 7.05 Å². The average molecular weight is 294 g/mol. The molecular weight excluding hydrogens is 272 g/mol. The van der Waals surface area contributed by atoms with Gasteiger partial charge in [-0.05, 0) is 7.05 Å². The molecule has 0 saturated carbocycles. The molecule has 9 heteroatoms. The van der Waals surface area contributed by atoms with Gasteiger partial charge in [-0.25, -0.2) is 0 Å². The van der Waals surface area contributed by atoms with Crippen LogP contribution in [0.25, 0.3) is 0 Å². The predicted octanol–water partition coefficient (Wildman–Crippen LogP) is -3.86. The van der Waals surface area contributed by atoms with E-state index in [0.29, 0.717) is 0 Å². The van der Waals surface area contributed by atoms with E-state index in [1.807, 2.05) is 0 Å². The van der Waals surface area contributed by atoms with Gasteiger partial charge in [-0.15, -0.1) is 0 Å². The summed E-state index contributed by atoms with van der Waals surface area (Å²) in [6, 6.07) is -0.660. The van der Waals surface area contributed by atoms with Gasteiger partial charge in [-0.3, -0.25) is 4.79 Å². The molecule has 9 nitrogen and oxygen atoms in total. The maximum absolute atomic E-state index is 11.4. The zero-order valence-electron chi connectivity index (χ0n) is 11.4. The van der Waals surface area contributed by atoms with E-state index in [1.54, 1.807) is 7.05 Å². The topological polar surface area (TPSA) is 141 Å². The first-order chi connectivity index (χ1) is 9.46. The third kappa shape index (κ3) is 3.85. The molecule has 0 spiro atoms. The second-order valence-electron chi connectivity index (χ2n) is 4.49. The molecule has 0 bridgehead atoms. The number of ether oxygens (including phenoxy) is 2. The van der Waals surface area contributed by atoms with Gasteiger partial charge >= 0.3 is 0 Å². The SMILES string of the molecule is CNC(=O)[C@H](COC1OC(CO)C(O)C(O)C1O)NC. The van der Waals surface area contributed by atoms with Crippen LogP contribution in [-0.2, 0) is 14.3 Å². The monoisotopic (exact) mass is 294 g/mol. The maximum atomic E-state index is 11.4. The molecule has 1 aliphatic rings. The Morgan fingerprint density at radius 3 is 2.40 bits per heavy atom. The minimum atomic E-state index is -1.50. The minimum absolute atomic E-state index is 0.112. The number of rotatable bonds is 6. The summed E-state index contributed by atoms with van der Waals surface area (Å²) in [5.74, 6) is -0.308. The molecule has 118 valence electrons. The van der Waals surface area contributed by atoms with Gasteiger partial charge in [0.1, 0.15) is 30.5 Å². The Hall–Kier alpha value is -0.810. The lowest BCUT2D eigenvalue weighted by Gasteiger charge is -2.39. The molecular formula is C11H22N2O7. The van der Waals surface area contributed by atoms with E-state index in [4.69, 9.17) is 14.6 Å². The molecule has 1 aliphatic heterocycles. The Labute approximate surface area is 116 Å². The lowest BCUT2D eigenvalue weighted by molar-refractivity contribution is -0.301. The number of hydrogen-bond acceptors (Lipinski definition) is 8. The van der Waals surface area contributed by atoms with Crippen molar-refractivity contribution in [2.24, 2.45) is 0 Å². The van der Waals surface area contributed by atoms with Crippen LogP contribution in [0.1, 0.15) is 0 Å². The van der Waals surface area contributed by atoms with Crippen LogP contribution < -0.4 is 10.6 Å². The number of carbonyl (C=O) groups excluding carboxylic acids is 1. The Morgan fingerprint density at radius 1 is 1.25 bits per heavy atom. The van der Waals surface area contributed by atoms with Gasteiger partial charge in [-0.2, -0.15) is 0 Å². The lowest BCUT2D eigenvalue weighted by atomic mass is 9.99. The molecule has 0 aromatic heterocycles. The van der Waals surface area contributed by atoms with Gasteiger partial charge in [0, 0.05) is 7.05 Å². The summed E-state index contributed by atoms with van der Waals surface area (Å²) >= 11 is 0. The molecule has 0 aliphatic carbocycles. The fourth-order valence-corrected chi connectivity index (χ4v) is 1.86. The van der Waals surface area contributed by atoms with Crippen molar-refractivity contribution in [2.45, 2.75) is 36.7 Å². The second kappa shape index (κ2) is 7.84. The Kier molecular flexibility index (Phi) is 6.76. The van der Waals surface area contributed by atoms with Gasteiger partial charge < -0.3 is 40.5 Å². The summed E-state index contributed by atoms with van der Waals surface area (Å²) in [6.45, 7) is -0.644. The summed E-state index contributed by atoms with van der Waals surface area (Å²) < 4.78 is 10.4. The number of aliphatic hydroxyl groups is 4. The lowest BCUT2D eigenvalue weighted by Crippen LogP contribution is -2.59.